The van der Waals surface area contributed by atoms with E-state index < -0.39 is 0 Å². The number of rotatable bonds is 5. The minimum atomic E-state index is 0.0106. The maximum absolute atomic E-state index is 12.3. The van der Waals surface area contributed by atoms with E-state index >= 15 is 0 Å². The molecule has 1 saturated carbocycles. The second kappa shape index (κ2) is 8.03. The molecule has 3 N–H and O–H groups in total. The highest BCUT2D eigenvalue weighted by molar-refractivity contribution is 5.92. The van der Waals surface area contributed by atoms with Crippen LogP contribution in [0.5, 0.6) is 17.2 Å². The van der Waals surface area contributed by atoms with E-state index in [4.69, 9.17) is 15.2 Å². The molecular formula is C20H24N2O3. The van der Waals surface area contributed by atoms with Gasteiger partial charge in [0.15, 0.2) is 0 Å². The van der Waals surface area contributed by atoms with Crippen molar-refractivity contribution in [1.82, 2.24) is 0 Å². The molecule has 1 fully saturated rings. The fourth-order valence-electron chi connectivity index (χ4n) is 3.12. The lowest BCUT2D eigenvalue weighted by molar-refractivity contribution is -0.120. The van der Waals surface area contributed by atoms with Crippen molar-refractivity contribution in [3.8, 4) is 17.2 Å². The zero-order chi connectivity index (χ0) is 17.6. The van der Waals surface area contributed by atoms with Crippen LogP contribution in [0.2, 0.25) is 0 Å². The highest BCUT2D eigenvalue weighted by Crippen LogP contribution is 2.27. The third-order valence-corrected chi connectivity index (χ3v) is 4.48. The summed E-state index contributed by atoms with van der Waals surface area (Å²) in [6, 6.07) is 14.9. The number of hydrogen-bond donors (Lipinski definition) is 2. The topological polar surface area (TPSA) is 73.6 Å². The van der Waals surface area contributed by atoms with Crippen LogP contribution in [0.25, 0.3) is 0 Å². The van der Waals surface area contributed by atoms with Crippen molar-refractivity contribution in [2.75, 3.05) is 12.4 Å². The minimum absolute atomic E-state index is 0.0106. The Hall–Kier alpha value is -2.53. The molecule has 132 valence electrons. The number of anilines is 1. The monoisotopic (exact) mass is 340 g/mol. The van der Waals surface area contributed by atoms with Crippen molar-refractivity contribution in [3.05, 3.63) is 48.5 Å². The summed E-state index contributed by atoms with van der Waals surface area (Å²) in [6.45, 7) is 0. The van der Waals surface area contributed by atoms with Gasteiger partial charge in [0.25, 0.3) is 0 Å². The molecule has 3 rings (SSSR count). The van der Waals surface area contributed by atoms with Crippen LogP contribution in [0.1, 0.15) is 25.7 Å². The Morgan fingerprint density at radius 1 is 1.08 bits per heavy atom. The molecule has 0 aliphatic heterocycles. The predicted octanol–water partition coefficient (Wildman–Crippen LogP) is 3.94. The fourth-order valence-corrected chi connectivity index (χ4v) is 3.12. The zero-order valence-electron chi connectivity index (χ0n) is 14.4. The molecule has 5 heteroatoms. The average molecular weight is 340 g/mol. The largest absolute Gasteiger partial charge is 0.497 e. The van der Waals surface area contributed by atoms with Crippen LogP contribution in [-0.2, 0) is 4.79 Å². The molecule has 1 aliphatic rings. The molecule has 0 spiro atoms. The second-order valence-corrected chi connectivity index (χ2v) is 6.42. The van der Waals surface area contributed by atoms with E-state index in [1.165, 1.54) is 0 Å². The van der Waals surface area contributed by atoms with Crippen molar-refractivity contribution in [2.24, 2.45) is 11.7 Å². The summed E-state index contributed by atoms with van der Waals surface area (Å²) >= 11 is 0. The summed E-state index contributed by atoms with van der Waals surface area (Å²) < 4.78 is 11.0. The lowest BCUT2D eigenvalue weighted by Gasteiger charge is -2.25. The normalized spacial score (nSPS) is 19.9. The number of carbonyl (C=O) groups excluding carboxylic acids is 1. The number of ether oxygens (including phenoxy) is 2. The van der Waals surface area contributed by atoms with Gasteiger partial charge < -0.3 is 20.5 Å². The molecule has 0 saturated heterocycles. The van der Waals surface area contributed by atoms with Crippen molar-refractivity contribution in [1.29, 1.82) is 0 Å². The predicted molar refractivity (Wildman–Crippen MR) is 98.1 cm³/mol. The van der Waals surface area contributed by atoms with Gasteiger partial charge in [-0.05, 0) is 55.7 Å². The molecule has 2 atom stereocenters. The van der Waals surface area contributed by atoms with Crippen LogP contribution in [0, 0.1) is 5.92 Å². The smallest absolute Gasteiger partial charge is 0.227 e. The van der Waals surface area contributed by atoms with E-state index in [0.29, 0.717) is 11.5 Å². The van der Waals surface area contributed by atoms with E-state index in [-0.39, 0.29) is 17.9 Å². The first-order valence-electron chi connectivity index (χ1n) is 8.62. The maximum Gasteiger partial charge on any atom is 0.227 e. The van der Waals surface area contributed by atoms with Gasteiger partial charge in [-0.3, -0.25) is 4.79 Å². The van der Waals surface area contributed by atoms with Gasteiger partial charge in [0.1, 0.15) is 17.2 Å². The highest BCUT2D eigenvalue weighted by atomic mass is 16.5. The molecular weight excluding hydrogens is 316 g/mol. The van der Waals surface area contributed by atoms with Crippen LogP contribution in [0.15, 0.2) is 48.5 Å². The van der Waals surface area contributed by atoms with Crippen LogP contribution in [-0.4, -0.2) is 19.1 Å². The number of amides is 1. The van der Waals surface area contributed by atoms with E-state index in [9.17, 15) is 4.79 Å². The first-order valence-corrected chi connectivity index (χ1v) is 8.62. The Labute approximate surface area is 148 Å². The lowest BCUT2D eigenvalue weighted by Crippen LogP contribution is -2.34. The molecule has 2 aromatic rings. The number of benzene rings is 2. The Kier molecular flexibility index (Phi) is 5.56. The van der Waals surface area contributed by atoms with E-state index in [1.807, 2.05) is 48.5 Å². The second-order valence-electron chi connectivity index (χ2n) is 6.42. The Morgan fingerprint density at radius 3 is 2.56 bits per heavy atom. The number of hydrogen-bond acceptors (Lipinski definition) is 4. The Morgan fingerprint density at radius 2 is 1.84 bits per heavy atom. The number of carbonyl (C=O) groups is 1. The molecule has 1 amide bonds. The van der Waals surface area contributed by atoms with Crippen molar-refractivity contribution in [2.45, 2.75) is 31.7 Å². The van der Waals surface area contributed by atoms with Crippen molar-refractivity contribution < 1.29 is 14.3 Å². The van der Waals surface area contributed by atoms with Gasteiger partial charge in [-0.2, -0.15) is 0 Å². The van der Waals surface area contributed by atoms with Gasteiger partial charge in [-0.15, -0.1) is 0 Å². The molecule has 0 unspecified atom stereocenters. The summed E-state index contributed by atoms with van der Waals surface area (Å²) in [5.74, 6) is 2.21. The van der Waals surface area contributed by atoms with Crippen molar-refractivity contribution >= 4 is 11.6 Å². The van der Waals surface area contributed by atoms with E-state index in [2.05, 4.69) is 5.32 Å². The van der Waals surface area contributed by atoms with Crippen LogP contribution >= 0.6 is 0 Å². The standard InChI is InChI=1S/C20H24N2O3/c1-24-18-6-3-7-19(13-18)25-17-10-8-16(9-11-17)22-20(23)14-4-2-5-15(21)12-14/h3,6-11,13-15H,2,4-5,12,21H2,1H3,(H,22,23)/t14-,15+/m1/s1. The van der Waals surface area contributed by atoms with Gasteiger partial charge in [0.2, 0.25) is 5.91 Å². The van der Waals surface area contributed by atoms with Gasteiger partial charge in [0, 0.05) is 23.7 Å². The molecule has 0 bridgehead atoms. The quantitative estimate of drug-likeness (QED) is 0.864. The summed E-state index contributed by atoms with van der Waals surface area (Å²) in [5.41, 5.74) is 6.73. The van der Waals surface area contributed by atoms with Gasteiger partial charge >= 0.3 is 0 Å². The summed E-state index contributed by atoms with van der Waals surface area (Å²) in [6.07, 6.45) is 3.71. The van der Waals surface area contributed by atoms with Crippen molar-refractivity contribution in [3.63, 3.8) is 0 Å². The first-order chi connectivity index (χ1) is 12.1. The molecule has 0 heterocycles. The van der Waals surface area contributed by atoms with E-state index in [1.54, 1.807) is 7.11 Å². The maximum atomic E-state index is 12.3. The third-order valence-electron chi connectivity index (χ3n) is 4.48. The molecule has 5 nitrogen and oxygen atoms in total. The van der Waals surface area contributed by atoms with Crippen LogP contribution in [0.4, 0.5) is 5.69 Å². The SMILES string of the molecule is COc1cccc(Oc2ccc(NC(=O)[C@@H]3CCC[C@H](N)C3)cc2)c1. The molecule has 25 heavy (non-hydrogen) atoms. The molecule has 0 radical (unpaired) electrons. The average Bonchev–Trinajstić information content (AvgIpc) is 2.63. The van der Waals surface area contributed by atoms with E-state index in [0.717, 1.165) is 37.1 Å². The minimum Gasteiger partial charge on any atom is -0.497 e. The Bertz CT molecular complexity index is 715. The van der Waals surface area contributed by atoms with Gasteiger partial charge in [0.05, 0.1) is 7.11 Å². The van der Waals surface area contributed by atoms with Crippen LogP contribution < -0.4 is 20.5 Å². The lowest BCUT2D eigenvalue weighted by atomic mass is 9.85. The molecule has 2 aromatic carbocycles. The number of nitrogens with two attached hydrogens (primary N) is 1. The Balaban J connectivity index is 1.59. The highest BCUT2D eigenvalue weighted by Gasteiger charge is 2.25. The van der Waals surface area contributed by atoms with Gasteiger partial charge in [-0.25, -0.2) is 0 Å². The summed E-state index contributed by atoms with van der Waals surface area (Å²) in [7, 11) is 1.62. The summed E-state index contributed by atoms with van der Waals surface area (Å²) in [5, 5.41) is 2.97. The third kappa shape index (κ3) is 4.73. The zero-order valence-corrected chi connectivity index (χ0v) is 14.4. The first kappa shape index (κ1) is 17.3. The van der Waals surface area contributed by atoms with Crippen LogP contribution in [0.3, 0.4) is 0 Å². The van der Waals surface area contributed by atoms with Gasteiger partial charge in [-0.1, -0.05) is 12.5 Å². The fraction of sp³-hybridized carbons (Fsp3) is 0.350. The molecule has 0 aromatic heterocycles. The number of methoxy groups -OCH3 is 1. The summed E-state index contributed by atoms with van der Waals surface area (Å²) in [4.78, 5) is 12.3. The molecule has 1 aliphatic carbocycles. The number of nitrogens with one attached hydrogen (secondary N) is 1.